The van der Waals surface area contributed by atoms with Crippen LogP contribution in [-0.4, -0.2) is 17.1 Å². The highest BCUT2D eigenvalue weighted by Crippen LogP contribution is 2.37. The number of esters is 1. The fourth-order valence-electron chi connectivity index (χ4n) is 4.09. The average molecular weight is 409 g/mol. The van der Waals surface area contributed by atoms with E-state index in [1.165, 1.54) is 11.3 Å². The molecule has 1 aliphatic carbocycles. The smallest absolute Gasteiger partial charge is 0.337 e. The van der Waals surface area contributed by atoms with E-state index >= 15 is 0 Å². The van der Waals surface area contributed by atoms with E-state index in [4.69, 9.17) is 4.74 Å². The number of carbonyl (C=O) groups excluding carboxylic acids is 1. The normalized spacial score (nSPS) is 21.7. The molecular weight excluding hydrogens is 384 g/mol. The number of rotatable bonds is 4. The Kier molecular flexibility index (Phi) is 5.62. The van der Waals surface area contributed by atoms with Crippen molar-refractivity contribution in [3.8, 4) is 0 Å². The fourth-order valence-corrected chi connectivity index (χ4v) is 5.14. The van der Waals surface area contributed by atoms with Gasteiger partial charge in [-0.1, -0.05) is 53.8 Å². The Labute approximate surface area is 173 Å². The van der Waals surface area contributed by atoms with Crippen molar-refractivity contribution in [2.45, 2.75) is 39.2 Å². The molecule has 0 saturated carbocycles. The lowest BCUT2D eigenvalue weighted by Gasteiger charge is -2.32. The van der Waals surface area contributed by atoms with E-state index in [2.05, 4.69) is 17.1 Å². The van der Waals surface area contributed by atoms with Gasteiger partial charge in [-0.25, -0.2) is 9.79 Å². The van der Waals surface area contributed by atoms with Crippen LogP contribution in [0.4, 0.5) is 0 Å². The number of ether oxygens (including phenoxy) is 1. The van der Waals surface area contributed by atoms with Crippen molar-refractivity contribution < 1.29 is 9.53 Å². The van der Waals surface area contributed by atoms with Gasteiger partial charge in [0.2, 0.25) is 0 Å². The average Bonchev–Trinajstić information content (AvgIpc) is 3.03. The highest BCUT2D eigenvalue weighted by Gasteiger charge is 2.37. The molecule has 1 aliphatic heterocycles. The molecule has 29 heavy (non-hydrogen) atoms. The van der Waals surface area contributed by atoms with Crippen molar-refractivity contribution in [1.29, 1.82) is 0 Å². The van der Waals surface area contributed by atoms with Crippen LogP contribution in [0.3, 0.4) is 0 Å². The molecule has 150 valence electrons. The van der Waals surface area contributed by atoms with E-state index in [0.29, 0.717) is 27.2 Å². The van der Waals surface area contributed by atoms with E-state index in [1.807, 2.05) is 43.3 Å². The van der Waals surface area contributed by atoms with Crippen molar-refractivity contribution in [2.75, 3.05) is 6.61 Å². The van der Waals surface area contributed by atoms with Crippen molar-refractivity contribution in [3.05, 3.63) is 79.0 Å². The SMILES string of the molecule is CCOC(=O)C1=C(C)N=c2s/c(=C/c3ccccc3)c(=O)n2C1C1CC=CCC1. The first kappa shape index (κ1) is 19.6. The van der Waals surface area contributed by atoms with Gasteiger partial charge in [-0.05, 0) is 50.7 Å². The number of benzene rings is 1. The van der Waals surface area contributed by atoms with Gasteiger partial charge in [-0.15, -0.1) is 0 Å². The molecule has 0 fully saturated rings. The number of carbonyl (C=O) groups is 1. The second kappa shape index (κ2) is 8.33. The maximum atomic E-state index is 13.4. The maximum absolute atomic E-state index is 13.4. The summed E-state index contributed by atoms with van der Waals surface area (Å²) in [5.74, 6) is -0.203. The quantitative estimate of drug-likeness (QED) is 0.577. The molecule has 1 aromatic heterocycles. The predicted octanol–water partition coefficient (Wildman–Crippen LogP) is 3.11. The molecule has 0 spiro atoms. The summed E-state index contributed by atoms with van der Waals surface area (Å²) in [6.45, 7) is 3.93. The summed E-state index contributed by atoms with van der Waals surface area (Å²) in [4.78, 5) is 31.5. The first-order chi connectivity index (χ1) is 14.1. The summed E-state index contributed by atoms with van der Waals surface area (Å²) in [5, 5.41) is 0. The highest BCUT2D eigenvalue weighted by atomic mass is 32.1. The Balaban J connectivity index is 1.90. The predicted molar refractivity (Wildman–Crippen MR) is 114 cm³/mol. The van der Waals surface area contributed by atoms with Crippen LogP contribution in [-0.2, 0) is 9.53 Å². The Bertz CT molecular complexity index is 1150. The molecule has 1 aromatic carbocycles. The number of aromatic nitrogens is 1. The molecule has 2 unspecified atom stereocenters. The number of hydrogen-bond acceptors (Lipinski definition) is 5. The van der Waals surface area contributed by atoms with Gasteiger partial charge in [0.15, 0.2) is 4.80 Å². The molecule has 2 aliphatic rings. The molecule has 0 saturated heterocycles. The molecule has 0 radical (unpaired) electrons. The highest BCUT2D eigenvalue weighted by molar-refractivity contribution is 7.07. The summed E-state index contributed by atoms with van der Waals surface area (Å²) in [5.41, 5.74) is 2.05. The molecule has 0 bridgehead atoms. The molecule has 2 aromatic rings. The largest absolute Gasteiger partial charge is 0.463 e. The van der Waals surface area contributed by atoms with E-state index in [9.17, 15) is 9.59 Å². The van der Waals surface area contributed by atoms with Gasteiger partial charge < -0.3 is 4.74 Å². The van der Waals surface area contributed by atoms with Crippen LogP contribution in [0.1, 0.15) is 44.7 Å². The summed E-state index contributed by atoms with van der Waals surface area (Å²) in [6.07, 6.45) is 8.91. The second-order valence-electron chi connectivity index (χ2n) is 7.30. The van der Waals surface area contributed by atoms with Gasteiger partial charge in [0.05, 0.1) is 28.5 Å². The van der Waals surface area contributed by atoms with Crippen LogP contribution in [0, 0.1) is 5.92 Å². The van der Waals surface area contributed by atoms with E-state index < -0.39 is 0 Å². The van der Waals surface area contributed by atoms with Crippen LogP contribution >= 0.6 is 11.3 Å². The van der Waals surface area contributed by atoms with Gasteiger partial charge in [0.1, 0.15) is 0 Å². The lowest BCUT2D eigenvalue weighted by atomic mass is 9.82. The summed E-state index contributed by atoms with van der Waals surface area (Å²) >= 11 is 1.38. The molecule has 2 heterocycles. The van der Waals surface area contributed by atoms with Crippen LogP contribution in [0.5, 0.6) is 0 Å². The summed E-state index contributed by atoms with van der Waals surface area (Å²) in [6, 6.07) is 9.44. The second-order valence-corrected chi connectivity index (χ2v) is 8.31. The third-order valence-electron chi connectivity index (χ3n) is 5.41. The van der Waals surface area contributed by atoms with Gasteiger partial charge in [0.25, 0.3) is 5.56 Å². The Hall–Kier alpha value is -2.73. The van der Waals surface area contributed by atoms with Crippen molar-refractivity contribution in [2.24, 2.45) is 10.9 Å². The Morgan fingerprint density at radius 3 is 2.79 bits per heavy atom. The third-order valence-corrected chi connectivity index (χ3v) is 6.40. The van der Waals surface area contributed by atoms with Gasteiger partial charge in [0, 0.05) is 0 Å². The lowest BCUT2D eigenvalue weighted by molar-refractivity contribution is -0.139. The number of nitrogens with zero attached hydrogens (tertiary/aromatic N) is 2. The molecular formula is C23H24N2O3S. The van der Waals surface area contributed by atoms with Crippen molar-refractivity contribution in [3.63, 3.8) is 0 Å². The summed E-state index contributed by atoms with van der Waals surface area (Å²) in [7, 11) is 0. The lowest BCUT2D eigenvalue weighted by Crippen LogP contribution is -2.42. The van der Waals surface area contributed by atoms with E-state index in [0.717, 1.165) is 24.8 Å². The van der Waals surface area contributed by atoms with Crippen molar-refractivity contribution >= 4 is 23.4 Å². The van der Waals surface area contributed by atoms with Crippen LogP contribution in [0.25, 0.3) is 6.08 Å². The Morgan fingerprint density at radius 2 is 2.10 bits per heavy atom. The van der Waals surface area contributed by atoms with Crippen LogP contribution in [0.2, 0.25) is 0 Å². The van der Waals surface area contributed by atoms with Gasteiger partial charge in [-0.2, -0.15) is 0 Å². The first-order valence-electron chi connectivity index (χ1n) is 10.00. The minimum absolute atomic E-state index is 0.0912. The zero-order valence-electron chi connectivity index (χ0n) is 16.6. The fraction of sp³-hybridized carbons (Fsp3) is 0.348. The molecule has 0 amide bonds. The zero-order chi connectivity index (χ0) is 20.4. The van der Waals surface area contributed by atoms with Gasteiger partial charge in [-0.3, -0.25) is 9.36 Å². The minimum atomic E-state index is -0.370. The topological polar surface area (TPSA) is 60.7 Å². The number of hydrogen-bond donors (Lipinski definition) is 0. The van der Waals surface area contributed by atoms with E-state index in [-0.39, 0.29) is 23.5 Å². The zero-order valence-corrected chi connectivity index (χ0v) is 17.4. The molecule has 0 N–H and O–H groups in total. The number of allylic oxidation sites excluding steroid dienone is 3. The molecule has 2 atom stereocenters. The maximum Gasteiger partial charge on any atom is 0.337 e. The first-order valence-corrected chi connectivity index (χ1v) is 10.8. The number of thiazole rings is 1. The molecule has 6 heteroatoms. The van der Waals surface area contributed by atoms with E-state index in [1.54, 1.807) is 11.5 Å². The van der Waals surface area contributed by atoms with Gasteiger partial charge >= 0.3 is 5.97 Å². The Morgan fingerprint density at radius 1 is 1.31 bits per heavy atom. The standard InChI is InChI=1S/C23H24N2O3S/c1-3-28-22(27)19-15(2)24-23-25(20(19)17-12-8-5-9-13-17)21(26)18(29-23)14-16-10-6-4-7-11-16/h4-8,10-11,14,17,20H,3,9,12-13H2,1-2H3/b18-14+. The monoisotopic (exact) mass is 408 g/mol. The molecule has 5 nitrogen and oxygen atoms in total. The molecule has 4 rings (SSSR count). The van der Waals surface area contributed by atoms with Crippen LogP contribution in [0.15, 0.2) is 63.5 Å². The summed E-state index contributed by atoms with van der Waals surface area (Å²) < 4.78 is 7.69. The van der Waals surface area contributed by atoms with Crippen molar-refractivity contribution in [1.82, 2.24) is 4.57 Å². The minimum Gasteiger partial charge on any atom is -0.463 e. The van der Waals surface area contributed by atoms with Crippen LogP contribution < -0.4 is 14.9 Å². The number of fused-ring (bicyclic) bond motifs is 1. The third kappa shape index (κ3) is 3.77.